The van der Waals surface area contributed by atoms with Crippen molar-refractivity contribution in [2.75, 3.05) is 26.4 Å². The molecule has 3 atom stereocenters. The van der Waals surface area contributed by atoms with Crippen LogP contribution in [-0.2, 0) is 11.2 Å². The summed E-state index contributed by atoms with van der Waals surface area (Å²) in [7, 11) is 0. The molecule has 0 bridgehead atoms. The van der Waals surface area contributed by atoms with Gasteiger partial charge in [0.05, 0.1) is 25.4 Å². The standard InChI is InChI=1S/C18H23NO4/c20-11-12-8-15-17(9-12)23-7-5-19(15)18(21)14-3-4-16-13(10-14)2-1-6-22-16/h3-4,10,12,15,17,20H,1-2,5-9,11H2/t12-,15+,17?/m1/s1. The van der Waals surface area contributed by atoms with E-state index in [9.17, 15) is 9.90 Å². The first-order chi connectivity index (χ1) is 11.3. The zero-order valence-electron chi connectivity index (χ0n) is 13.2. The molecule has 2 aliphatic heterocycles. The fourth-order valence-corrected chi connectivity index (χ4v) is 4.11. The monoisotopic (exact) mass is 317 g/mol. The van der Waals surface area contributed by atoms with Crippen molar-refractivity contribution in [3.05, 3.63) is 29.3 Å². The second-order valence-electron chi connectivity index (χ2n) is 6.77. The molecule has 1 saturated heterocycles. The molecule has 1 amide bonds. The van der Waals surface area contributed by atoms with E-state index in [4.69, 9.17) is 9.47 Å². The Morgan fingerprint density at radius 3 is 3.09 bits per heavy atom. The molecule has 5 heteroatoms. The smallest absolute Gasteiger partial charge is 0.254 e. The van der Waals surface area contributed by atoms with Gasteiger partial charge >= 0.3 is 0 Å². The molecule has 2 heterocycles. The van der Waals surface area contributed by atoms with Gasteiger partial charge < -0.3 is 19.5 Å². The molecule has 23 heavy (non-hydrogen) atoms. The maximum Gasteiger partial charge on any atom is 0.254 e. The zero-order chi connectivity index (χ0) is 15.8. The van der Waals surface area contributed by atoms with Crippen LogP contribution in [0.3, 0.4) is 0 Å². The molecule has 0 spiro atoms. The van der Waals surface area contributed by atoms with Crippen LogP contribution in [0.15, 0.2) is 18.2 Å². The van der Waals surface area contributed by atoms with Crippen LogP contribution in [0.2, 0.25) is 0 Å². The normalized spacial score (nSPS) is 29.6. The van der Waals surface area contributed by atoms with Gasteiger partial charge in [-0.25, -0.2) is 0 Å². The summed E-state index contributed by atoms with van der Waals surface area (Å²) >= 11 is 0. The van der Waals surface area contributed by atoms with Crippen molar-refractivity contribution in [3.63, 3.8) is 0 Å². The van der Waals surface area contributed by atoms with Crippen LogP contribution in [0.5, 0.6) is 5.75 Å². The first-order valence-corrected chi connectivity index (χ1v) is 8.55. The molecular weight excluding hydrogens is 294 g/mol. The zero-order valence-corrected chi connectivity index (χ0v) is 13.2. The minimum absolute atomic E-state index is 0.0748. The number of hydrogen-bond donors (Lipinski definition) is 1. The van der Waals surface area contributed by atoms with Gasteiger partial charge in [-0.3, -0.25) is 4.79 Å². The van der Waals surface area contributed by atoms with Gasteiger partial charge in [-0.2, -0.15) is 0 Å². The topological polar surface area (TPSA) is 59.0 Å². The highest BCUT2D eigenvalue weighted by molar-refractivity contribution is 5.95. The van der Waals surface area contributed by atoms with Crippen molar-refractivity contribution in [2.45, 2.75) is 37.8 Å². The number of rotatable bonds is 2. The summed E-state index contributed by atoms with van der Waals surface area (Å²) < 4.78 is 11.4. The number of hydrogen-bond acceptors (Lipinski definition) is 4. The molecule has 3 aliphatic rings. The number of amides is 1. The fraction of sp³-hybridized carbons (Fsp3) is 0.611. The Morgan fingerprint density at radius 2 is 2.22 bits per heavy atom. The molecule has 1 aliphatic carbocycles. The summed E-state index contributed by atoms with van der Waals surface area (Å²) in [6, 6.07) is 5.88. The van der Waals surface area contributed by atoms with Gasteiger partial charge in [0.1, 0.15) is 5.75 Å². The number of nitrogens with zero attached hydrogens (tertiary/aromatic N) is 1. The number of aryl methyl sites for hydroxylation is 1. The van der Waals surface area contributed by atoms with Gasteiger partial charge in [0.15, 0.2) is 0 Å². The average molecular weight is 317 g/mol. The first-order valence-electron chi connectivity index (χ1n) is 8.55. The Morgan fingerprint density at radius 1 is 1.30 bits per heavy atom. The van der Waals surface area contributed by atoms with E-state index in [2.05, 4.69) is 0 Å². The molecule has 124 valence electrons. The molecule has 1 aromatic rings. The van der Waals surface area contributed by atoms with Crippen molar-refractivity contribution >= 4 is 5.91 Å². The SMILES string of the molecule is O=C(c1ccc2c(c1)CCCO2)N1CCOC2C[C@H](CO)C[C@@H]21. The third-order valence-corrected chi connectivity index (χ3v) is 5.31. The Bertz CT molecular complexity index is 603. The van der Waals surface area contributed by atoms with E-state index in [0.717, 1.165) is 49.2 Å². The fourth-order valence-electron chi connectivity index (χ4n) is 4.11. The predicted molar refractivity (Wildman–Crippen MR) is 84.6 cm³/mol. The summed E-state index contributed by atoms with van der Waals surface area (Å²) in [6.07, 6.45) is 3.73. The van der Waals surface area contributed by atoms with Gasteiger partial charge in [0.25, 0.3) is 5.91 Å². The number of ether oxygens (including phenoxy) is 2. The quantitative estimate of drug-likeness (QED) is 0.900. The lowest BCUT2D eigenvalue weighted by Crippen LogP contribution is -2.51. The largest absolute Gasteiger partial charge is 0.493 e. The molecule has 5 nitrogen and oxygen atoms in total. The van der Waals surface area contributed by atoms with Crippen molar-refractivity contribution in [2.24, 2.45) is 5.92 Å². The maximum atomic E-state index is 13.0. The minimum Gasteiger partial charge on any atom is -0.493 e. The summed E-state index contributed by atoms with van der Waals surface area (Å²) in [5.41, 5.74) is 1.87. The van der Waals surface area contributed by atoms with Crippen LogP contribution in [0.25, 0.3) is 0 Å². The number of benzene rings is 1. The number of carbonyl (C=O) groups is 1. The Kier molecular flexibility index (Phi) is 3.99. The van der Waals surface area contributed by atoms with E-state index in [-0.39, 0.29) is 30.6 Å². The van der Waals surface area contributed by atoms with E-state index in [0.29, 0.717) is 13.2 Å². The van der Waals surface area contributed by atoms with Crippen molar-refractivity contribution < 1.29 is 19.4 Å². The second-order valence-corrected chi connectivity index (χ2v) is 6.77. The molecule has 1 saturated carbocycles. The van der Waals surface area contributed by atoms with Crippen molar-refractivity contribution in [1.82, 2.24) is 4.90 Å². The van der Waals surface area contributed by atoms with E-state index in [1.807, 2.05) is 23.1 Å². The highest BCUT2D eigenvalue weighted by Gasteiger charge is 2.42. The lowest BCUT2D eigenvalue weighted by molar-refractivity contribution is -0.0448. The molecule has 2 fully saturated rings. The summed E-state index contributed by atoms with van der Waals surface area (Å²) in [4.78, 5) is 14.9. The molecule has 0 aromatic heterocycles. The molecule has 1 N–H and O–H groups in total. The van der Waals surface area contributed by atoms with Crippen LogP contribution in [-0.4, -0.2) is 54.4 Å². The number of fused-ring (bicyclic) bond motifs is 2. The lowest BCUT2D eigenvalue weighted by Gasteiger charge is -2.37. The molecule has 0 radical (unpaired) electrons. The van der Waals surface area contributed by atoms with Gasteiger partial charge in [-0.15, -0.1) is 0 Å². The van der Waals surface area contributed by atoms with E-state index in [1.165, 1.54) is 0 Å². The van der Waals surface area contributed by atoms with Crippen molar-refractivity contribution in [3.8, 4) is 5.75 Å². The molecule has 1 aromatic carbocycles. The van der Waals surface area contributed by atoms with Crippen LogP contribution in [0, 0.1) is 5.92 Å². The van der Waals surface area contributed by atoms with Crippen LogP contribution in [0.1, 0.15) is 35.2 Å². The Hall–Kier alpha value is -1.59. The van der Waals surface area contributed by atoms with Crippen molar-refractivity contribution in [1.29, 1.82) is 0 Å². The highest BCUT2D eigenvalue weighted by atomic mass is 16.5. The number of carbonyl (C=O) groups excluding carboxylic acids is 1. The van der Waals surface area contributed by atoms with Crippen LogP contribution < -0.4 is 4.74 Å². The van der Waals surface area contributed by atoms with E-state index < -0.39 is 0 Å². The number of aliphatic hydroxyl groups excluding tert-OH is 1. The van der Waals surface area contributed by atoms with Gasteiger partial charge in [0.2, 0.25) is 0 Å². The van der Waals surface area contributed by atoms with Crippen LogP contribution in [0.4, 0.5) is 0 Å². The third-order valence-electron chi connectivity index (χ3n) is 5.31. The summed E-state index contributed by atoms with van der Waals surface area (Å²) in [6.45, 7) is 2.15. The summed E-state index contributed by atoms with van der Waals surface area (Å²) in [5.74, 6) is 1.24. The lowest BCUT2D eigenvalue weighted by atomic mass is 10.0. The van der Waals surface area contributed by atoms with Crippen LogP contribution >= 0.6 is 0 Å². The first kappa shape index (κ1) is 15.0. The van der Waals surface area contributed by atoms with Gasteiger partial charge in [-0.1, -0.05) is 0 Å². The summed E-state index contributed by atoms with van der Waals surface area (Å²) in [5, 5.41) is 9.41. The number of aliphatic hydroxyl groups is 1. The Balaban J connectivity index is 1.56. The highest BCUT2D eigenvalue weighted by Crippen LogP contribution is 2.35. The molecular formula is C18H23NO4. The average Bonchev–Trinajstić information content (AvgIpc) is 3.04. The minimum atomic E-state index is 0.0748. The second kappa shape index (κ2) is 6.13. The molecule has 1 unspecified atom stereocenters. The Labute approximate surface area is 136 Å². The number of morpholine rings is 1. The molecule has 4 rings (SSSR count). The van der Waals surface area contributed by atoms with E-state index in [1.54, 1.807) is 0 Å². The van der Waals surface area contributed by atoms with Gasteiger partial charge in [-0.05, 0) is 55.4 Å². The van der Waals surface area contributed by atoms with E-state index >= 15 is 0 Å². The maximum absolute atomic E-state index is 13.0. The van der Waals surface area contributed by atoms with Gasteiger partial charge in [0, 0.05) is 18.7 Å². The predicted octanol–water partition coefficient (Wildman–Crippen LogP) is 1.62. The third kappa shape index (κ3) is 2.72.